The molecule has 3 heteroatoms. The summed E-state index contributed by atoms with van der Waals surface area (Å²) in [6, 6.07) is 7.12. The summed E-state index contributed by atoms with van der Waals surface area (Å²) >= 11 is 0. The molecule has 2 aromatic rings. The van der Waals surface area contributed by atoms with E-state index in [4.69, 9.17) is 4.74 Å². The van der Waals surface area contributed by atoms with Gasteiger partial charge in [-0.25, -0.2) is 0 Å². The van der Waals surface area contributed by atoms with E-state index < -0.39 is 0 Å². The van der Waals surface area contributed by atoms with E-state index in [1.165, 1.54) is 40.6 Å². The van der Waals surface area contributed by atoms with Crippen molar-refractivity contribution in [3.63, 3.8) is 0 Å². The summed E-state index contributed by atoms with van der Waals surface area (Å²) in [5.41, 5.74) is 5.85. The van der Waals surface area contributed by atoms with Crippen molar-refractivity contribution in [1.82, 2.24) is 9.88 Å². The first kappa shape index (κ1) is 11.5. The molecule has 0 radical (unpaired) electrons. The Kier molecular flexibility index (Phi) is 2.64. The predicted octanol–water partition coefficient (Wildman–Crippen LogP) is 2.56. The maximum absolute atomic E-state index is 5.66. The van der Waals surface area contributed by atoms with Gasteiger partial charge >= 0.3 is 0 Å². The smallest absolute Gasteiger partial charge is 0.0663 e. The summed E-state index contributed by atoms with van der Waals surface area (Å²) in [4.78, 5) is 0. The second-order valence-electron chi connectivity index (χ2n) is 5.65. The van der Waals surface area contributed by atoms with Gasteiger partial charge in [-0.15, -0.1) is 0 Å². The number of hydrogen-bond acceptors (Lipinski definition) is 2. The van der Waals surface area contributed by atoms with Crippen LogP contribution in [-0.4, -0.2) is 24.3 Å². The third kappa shape index (κ3) is 1.65. The average Bonchev–Trinajstić information content (AvgIpc) is 2.76. The molecule has 0 saturated carbocycles. The van der Waals surface area contributed by atoms with Gasteiger partial charge in [0.1, 0.15) is 0 Å². The first-order valence-electron chi connectivity index (χ1n) is 7.28. The minimum atomic E-state index is 0.353. The van der Waals surface area contributed by atoms with Crippen LogP contribution in [0.4, 0.5) is 0 Å². The molecule has 2 aliphatic heterocycles. The van der Waals surface area contributed by atoms with Crippen molar-refractivity contribution in [3.05, 3.63) is 35.0 Å². The van der Waals surface area contributed by atoms with Crippen LogP contribution in [0.1, 0.15) is 29.3 Å². The van der Waals surface area contributed by atoms with Crippen LogP contribution >= 0.6 is 0 Å². The molecular formula is C16H20N2O. The van der Waals surface area contributed by atoms with Crippen LogP contribution in [0.25, 0.3) is 10.9 Å². The van der Waals surface area contributed by atoms with Crippen molar-refractivity contribution in [2.45, 2.75) is 32.4 Å². The lowest BCUT2D eigenvalue weighted by molar-refractivity contribution is 0.0770. The van der Waals surface area contributed by atoms with E-state index >= 15 is 0 Å². The molecule has 4 rings (SSSR count). The van der Waals surface area contributed by atoms with Crippen LogP contribution in [-0.2, 0) is 17.7 Å². The fourth-order valence-electron chi connectivity index (χ4n) is 3.73. The highest BCUT2D eigenvalue weighted by Gasteiger charge is 2.25. The van der Waals surface area contributed by atoms with Gasteiger partial charge in [0.2, 0.25) is 0 Å². The predicted molar refractivity (Wildman–Crippen MR) is 76.6 cm³/mol. The minimum Gasteiger partial charge on any atom is -0.378 e. The summed E-state index contributed by atoms with van der Waals surface area (Å²) in [6.45, 7) is 6.01. The molecule has 100 valence electrons. The Hall–Kier alpha value is -1.32. The highest BCUT2D eigenvalue weighted by molar-refractivity contribution is 5.89. The number of nitrogens with one attached hydrogen (secondary N) is 1. The second kappa shape index (κ2) is 4.36. The molecule has 1 aromatic carbocycles. The molecule has 1 unspecified atom stereocenters. The Morgan fingerprint density at radius 1 is 1.37 bits per heavy atom. The Balaban J connectivity index is 1.95. The Morgan fingerprint density at radius 3 is 3.16 bits per heavy atom. The van der Waals surface area contributed by atoms with Gasteiger partial charge in [-0.05, 0) is 30.9 Å². The number of aromatic nitrogens is 1. The highest BCUT2D eigenvalue weighted by Crippen LogP contribution is 2.36. The SMILES string of the molecule is Cc1c(C2COCCN2)c2cccc3c2n1CCC3. The monoisotopic (exact) mass is 256 g/mol. The van der Waals surface area contributed by atoms with E-state index in [-0.39, 0.29) is 0 Å². The molecule has 1 fully saturated rings. The maximum atomic E-state index is 5.66. The Labute approximate surface area is 113 Å². The van der Waals surface area contributed by atoms with Crippen molar-refractivity contribution in [3.8, 4) is 0 Å². The van der Waals surface area contributed by atoms with Gasteiger partial charge in [-0.1, -0.05) is 18.2 Å². The van der Waals surface area contributed by atoms with E-state index in [1.807, 2.05) is 0 Å². The number of morpholine rings is 1. The van der Waals surface area contributed by atoms with Crippen molar-refractivity contribution < 1.29 is 4.74 Å². The average molecular weight is 256 g/mol. The molecule has 1 atom stereocenters. The van der Waals surface area contributed by atoms with Crippen molar-refractivity contribution in [2.75, 3.05) is 19.8 Å². The molecule has 0 amide bonds. The summed E-state index contributed by atoms with van der Waals surface area (Å²) in [6.07, 6.45) is 2.48. The standard InChI is InChI=1S/C16H20N2O/c1-11-15(14-10-19-9-7-17-14)13-6-2-4-12-5-3-8-18(11)16(12)13/h2,4,6,14,17H,3,5,7-10H2,1H3. The van der Waals surface area contributed by atoms with Crippen LogP contribution in [0.5, 0.6) is 0 Å². The number of hydrogen-bond donors (Lipinski definition) is 1. The fourth-order valence-corrected chi connectivity index (χ4v) is 3.73. The quantitative estimate of drug-likeness (QED) is 0.848. The molecule has 3 heterocycles. The first-order chi connectivity index (χ1) is 9.36. The van der Waals surface area contributed by atoms with Gasteiger partial charge in [-0.2, -0.15) is 0 Å². The third-order valence-electron chi connectivity index (χ3n) is 4.57. The Morgan fingerprint density at radius 2 is 2.32 bits per heavy atom. The molecule has 2 aliphatic rings. The molecule has 0 aliphatic carbocycles. The topological polar surface area (TPSA) is 26.2 Å². The van der Waals surface area contributed by atoms with Crippen molar-refractivity contribution >= 4 is 10.9 Å². The largest absolute Gasteiger partial charge is 0.378 e. The lowest BCUT2D eigenvalue weighted by atomic mass is 9.99. The van der Waals surface area contributed by atoms with Crippen molar-refractivity contribution in [1.29, 1.82) is 0 Å². The van der Waals surface area contributed by atoms with Gasteiger partial charge in [-0.3, -0.25) is 0 Å². The Bertz CT molecular complexity index is 623. The summed E-state index contributed by atoms with van der Waals surface area (Å²) < 4.78 is 8.17. The molecule has 1 N–H and O–H groups in total. The van der Waals surface area contributed by atoms with Crippen molar-refractivity contribution in [2.24, 2.45) is 0 Å². The van der Waals surface area contributed by atoms with E-state index in [0.717, 1.165) is 26.3 Å². The van der Waals surface area contributed by atoms with E-state index in [2.05, 4.69) is 35.0 Å². The molecule has 1 saturated heterocycles. The van der Waals surface area contributed by atoms with Crippen LogP contribution < -0.4 is 5.32 Å². The second-order valence-corrected chi connectivity index (χ2v) is 5.65. The third-order valence-corrected chi connectivity index (χ3v) is 4.57. The molecule has 0 spiro atoms. The van der Waals surface area contributed by atoms with Gasteiger partial charge in [0.15, 0.2) is 0 Å². The number of ether oxygens (including phenoxy) is 1. The van der Waals surface area contributed by atoms with Gasteiger partial charge < -0.3 is 14.6 Å². The number of benzene rings is 1. The van der Waals surface area contributed by atoms with Crippen LogP contribution in [0.3, 0.4) is 0 Å². The summed E-state index contributed by atoms with van der Waals surface area (Å²) in [7, 11) is 0. The fraction of sp³-hybridized carbons (Fsp3) is 0.500. The number of aryl methyl sites for hydroxylation is 2. The number of para-hydroxylation sites is 1. The molecule has 19 heavy (non-hydrogen) atoms. The van der Waals surface area contributed by atoms with Crippen LogP contribution in [0.15, 0.2) is 18.2 Å². The van der Waals surface area contributed by atoms with Crippen LogP contribution in [0.2, 0.25) is 0 Å². The van der Waals surface area contributed by atoms with Gasteiger partial charge in [0.05, 0.1) is 24.8 Å². The zero-order valence-electron chi connectivity index (χ0n) is 11.4. The zero-order valence-corrected chi connectivity index (χ0v) is 11.4. The van der Waals surface area contributed by atoms with Gasteiger partial charge in [0.25, 0.3) is 0 Å². The molecule has 0 bridgehead atoms. The minimum absolute atomic E-state index is 0.353. The number of rotatable bonds is 1. The van der Waals surface area contributed by atoms with Crippen LogP contribution in [0, 0.1) is 6.92 Å². The maximum Gasteiger partial charge on any atom is 0.0663 e. The molecular weight excluding hydrogens is 236 g/mol. The molecule has 1 aromatic heterocycles. The normalized spacial score (nSPS) is 22.9. The molecule has 3 nitrogen and oxygen atoms in total. The van der Waals surface area contributed by atoms with E-state index in [0.29, 0.717) is 6.04 Å². The lowest BCUT2D eigenvalue weighted by Crippen LogP contribution is -2.34. The number of nitrogens with zero attached hydrogens (tertiary/aromatic N) is 1. The van der Waals surface area contributed by atoms with Gasteiger partial charge in [0, 0.05) is 24.2 Å². The lowest BCUT2D eigenvalue weighted by Gasteiger charge is -2.24. The van der Waals surface area contributed by atoms with E-state index in [1.54, 1.807) is 0 Å². The first-order valence-corrected chi connectivity index (χ1v) is 7.28. The zero-order chi connectivity index (χ0) is 12.8. The summed E-state index contributed by atoms with van der Waals surface area (Å²) in [5.74, 6) is 0. The van der Waals surface area contributed by atoms with E-state index in [9.17, 15) is 0 Å². The highest BCUT2D eigenvalue weighted by atomic mass is 16.5. The summed E-state index contributed by atoms with van der Waals surface area (Å²) in [5, 5.41) is 5.04.